The first kappa shape index (κ1) is 15.8. The Bertz CT molecular complexity index is 440. The highest BCUT2D eigenvalue weighted by molar-refractivity contribution is 5.39. The van der Waals surface area contributed by atoms with Crippen LogP contribution in [0.2, 0.25) is 0 Å². The van der Waals surface area contributed by atoms with E-state index in [1.54, 1.807) is 0 Å². The Morgan fingerprint density at radius 1 is 1.19 bits per heavy atom. The lowest BCUT2D eigenvalue weighted by Crippen LogP contribution is -2.34. The van der Waals surface area contributed by atoms with Gasteiger partial charge in [0.15, 0.2) is 0 Å². The number of hydrogen-bond donors (Lipinski definition) is 1. The van der Waals surface area contributed by atoms with E-state index in [1.165, 1.54) is 25.7 Å². The molecule has 1 unspecified atom stereocenters. The van der Waals surface area contributed by atoms with E-state index >= 15 is 0 Å². The summed E-state index contributed by atoms with van der Waals surface area (Å²) in [6.07, 6.45) is 5.98. The standard InChI is InChI=1S/C15H27N5O/c1-4-10-16-13-17-14(19-15(18-13)21-5-2)20-11-8-6-7-9-12(20)3/h12H,4-11H2,1-3H3,(H,16,17,18,19). The van der Waals surface area contributed by atoms with E-state index in [0.29, 0.717) is 24.6 Å². The van der Waals surface area contributed by atoms with Crippen LogP contribution in [-0.4, -0.2) is 40.7 Å². The number of anilines is 2. The maximum atomic E-state index is 5.50. The zero-order chi connectivity index (χ0) is 15.1. The van der Waals surface area contributed by atoms with E-state index in [0.717, 1.165) is 25.5 Å². The molecule has 0 radical (unpaired) electrons. The molecule has 6 nitrogen and oxygen atoms in total. The van der Waals surface area contributed by atoms with Gasteiger partial charge in [0.1, 0.15) is 0 Å². The molecule has 118 valence electrons. The van der Waals surface area contributed by atoms with Gasteiger partial charge in [-0.3, -0.25) is 0 Å². The van der Waals surface area contributed by atoms with Gasteiger partial charge in [-0.1, -0.05) is 19.8 Å². The molecule has 21 heavy (non-hydrogen) atoms. The second-order valence-corrected chi connectivity index (χ2v) is 5.49. The van der Waals surface area contributed by atoms with Gasteiger partial charge < -0.3 is 15.0 Å². The van der Waals surface area contributed by atoms with Crippen LogP contribution in [0, 0.1) is 0 Å². The van der Waals surface area contributed by atoms with Crippen LogP contribution in [0.25, 0.3) is 0 Å². The van der Waals surface area contributed by atoms with Gasteiger partial charge in [0.2, 0.25) is 11.9 Å². The predicted molar refractivity (Wildman–Crippen MR) is 85.1 cm³/mol. The molecule has 2 rings (SSSR count). The van der Waals surface area contributed by atoms with Crippen molar-refractivity contribution in [2.75, 3.05) is 29.9 Å². The molecule has 0 spiro atoms. The largest absolute Gasteiger partial charge is 0.464 e. The van der Waals surface area contributed by atoms with Crippen molar-refractivity contribution in [3.05, 3.63) is 0 Å². The highest BCUT2D eigenvalue weighted by atomic mass is 16.5. The number of nitrogens with zero attached hydrogens (tertiary/aromatic N) is 4. The van der Waals surface area contributed by atoms with Crippen molar-refractivity contribution in [3.8, 4) is 6.01 Å². The van der Waals surface area contributed by atoms with Gasteiger partial charge in [0.05, 0.1) is 6.61 Å². The lowest BCUT2D eigenvalue weighted by Gasteiger charge is -2.27. The molecule has 0 bridgehead atoms. The second-order valence-electron chi connectivity index (χ2n) is 5.49. The van der Waals surface area contributed by atoms with Crippen molar-refractivity contribution in [2.45, 2.75) is 58.9 Å². The zero-order valence-electron chi connectivity index (χ0n) is 13.4. The molecule has 1 atom stereocenters. The third-order valence-electron chi connectivity index (χ3n) is 3.72. The summed E-state index contributed by atoms with van der Waals surface area (Å²) < 4.78 is 5.50. The smallest absolute Gasteiger partial charge is 0.323 e. The van der Waals surface area contributed by atoms with Crippen LogP contribution in [0.5, 0.6) is 6.01 Å². The first-order chi connectivity index (χ1) is 10.2. The summed E-state index contributed by atoms with van der Waals surface area (Å²) in [5, 5.41) is 3.23. The summed E-state index contributed by atoms with van der Waals surface area (Å²) >= 11 is 0. The Morgan fingerprint density at radius 2 is 2.05 bits per heavy atom. The average Bonchev–Trinajstić information content (AvgIpc) is 2.70. The Kier molecular flexibility index (Phi) is 6.02. The van der Waals surface area contributed by atoms with Gasteiger partial charge >= 0.3 is 6.01 Å². The minimum Gasteiger partial charge on any atom is -0.464 e. The van der Waals surface area contributed by atoms with Crippen LogP contribution in [0.3, 0.4) is 0 Å². The Morgan fingerprint density at radius 3 is 2.81 bits per heavy atom. The summed E-state index contributed by atoms with van der Waals surface area (Å²) in [6.45, 7) is 8.72. The SMILES string of the molecule is CCCNc1nc(OCC)nc(N2CCCCCC2C)n1. The summed E-state index contributed by atoms with van der Waals surface area (Å²) in [5.41, 5.74) is 0. The highest BCUT2D eigenvalue weighted by Gasteiger charge is 2.21. The molecule has 1 aliphatic rings. The first-order valence-electron chi connectivity index (χ1n) is 8.14. The minimum absolute atomic E-state index is 0.414. The van der Waals surface area contributed by atoms with E-state index in [9.17, 15) is 0 Å². The van der Waals surface area contributed by atoms with Crippen molar-refractivity contribution >= 4 is 11.9 Å². The van der Waals surface area contributed by atoms with Gasteiger partial charge in [-0.15, -0.1) is 0 Å². The first-order valence-corrected chi connectivity index (χ1v) is 8.14. The maximum Gasteiger partial charge on any atom is 0.323 e. The number of rotatable bonds is 6. The zero-order valence-corrected chi connectivity index (χ0v) is 13.4. The molecule has 0 saturated carbocycles. The fourth-order valence-electron chi connectivity index (χ4n) is 2.56. The monoisotopic (exact) mass is 293 g/mol. The molecule has 1 aromatic heterocycles. The highest BCUT2D eigenvalue weighted by Crippen LogP contribution is 2.23. The molecule has 6 heteroatoms. The Labute approximate surface area is 127 Å². The molecule has 0 aromatic carbocycles. The maximum absolute atomic E-state index is 5.50. The fourth-order valence-corrected chi connectivity index (χ4v) is 2.56. The van der Waals surface area contributed by atoms with Gasteiger partial charge in [-0.25, -0.2) is 0 Å². The summed E-state index contributed by atoms with van der Waals surface area (Å²) in [4.78, 5) is 15.7. The lowest BCUT2D eigenvalue weighted by molar-refractivity contribution is 0.311. The third kappa shape index (κ3) is 4.44. The van der Waals surface area contributed by atoms with Crippen molar-refractivity contribution in [1.82, 2.24) is 15.0 Å². The van der Waals surface area contributed by atoms with Crippen LogP contribution in [-0.2, 0) is 0 Å². The van der Waals surface area contributed by atoms with Gasteiger partial charge in [0, 0.05) is 19.1 Å². The minimum atomic E-state index is 0.414. The average molecular weight is 293 g/mol. The third-order valence-corrected chi connectivity index (χ3v) is 3.72. The fraction of sp³-hybridized carbons (Fsp3) is 0.800. The molecule has 1 N–H and O–H groups in total. The molecule has 0 aliphatic carbocycles. The Hall–Kier alpha value is -1.59. The van der Waals surface area contributed by atoms with E-state index in [2.05, 4.69) is 39.0 Å². The predicted octanol–water partition coefficient (Wildman–Crippen LogP) is 2.86. The van der Waals surface area contributed by atoms with Crippen molar-refractivity contribution in [2.24, 2.45) is 0 Å². The Balaban J connectivity index is 2.24. The van der Waals surface area contributed by atoms with Crippen LogP contribution in [0.4, 0.5) is 11.9 Å². The van der Waals surface area contributed by atoms with Crippen molar-refractivity contribution in [3.63, 3.8) is 0 Å². The molecule has 1 saturated heterocycles. The van der Waals surface area contributed by atoms with Crippen LogP contribution in [0.1, 0.15) is 52.9 Å². The normalized spacial score (nSPS) is 19.2. The van der Waals surface area contributed by atoms with Crippen LogP contribution >= 0.6 is 0 Å². The van der Waals surface area contributed by atoms with E-state index in [1.807, 2.05) is 6.92 Å². The van der Waals surface area contributed by atoms with Crippen molar-refractivity contribution < 1.29 is 4.74 Å². The topological polar surface area (TPSA) is 63.2 Å². The van der Waals surface area contributed by atoms with Gasteiger partial charge in [0.25, 0.3) is 0 Å². The lowest BCUT2D eigenvalue weighted by atomic mass is 10.1. The molecule has 1 fully saturated rings. The second kappa shape index (κ2) is 8.00. The molecule has 1 aliphatic heterocycles. The molecular weight excluding hydrogens is 266 g/mol. The molecular formula is C15H27N5O. The number of ether oxygens (including phenoxy) is 1. The number of aromatic nitrogens is 3. The van der Waals surface area contributed by atoms with Crippen LogP contribution < -0.4 is 15.0 Å². The number of hydrogen-bond acceptors (Lipinski definition) is 6. The van der Waals surface area contributed by atoms with Crippen molar-refractivity contribution in [1.29, 1.82) is 0 Å². The molecule has 0 amide bonds. The molecule has 1 aromatic rings. The summed E-state index contributed by atoms with van der Waals surface area (Å²) in [5.74, 6) is 1.35. The van der Waals surface area contributed by atoms with E-state index in [-0.39, 0.29) is 0 Å². The van der Waals surface area contributed by atoms with Gasteiger partial charge in [-0.2, -0.15) is 15.0 Å². The van der Waals surface area contributed by atoms with Crippen LogP contribution in [0.15, 0.2) is 0 Å². The molecule has 2 heterocycles. The van der Waals surface area contributed by atoms with E-state index < -0.39 is 0 Å². The van der Waals surface area contributed by atoms with Gasteiger partial charge in [-0.05, 0) is 33.1 Å². The van der Waals surface area contributed by atoms with E-state index in [4.69, 9.17) is 4.74 Å². The quantitative estimate of drug-likeness (QED) is 0.870. The summed E-state index contributed by atoms with van der Waals surface area (Å²) in [7, 11) is 0. The number of nitrogens with one attached hydrogen (secondary N) is 1. The summed E-state index contributed by atoms with van der Waals surface area (Å²) in [6, 6.07) is 0.876.